The average molecular weight is 380 g/mol. The summed E-state index contributed by atoms with van der Waals surface area (Å²) in [5, 5.41) is 10.3. The zero-order valence-corrected chi connectivity index (χ0v) is 15.7. The number of amides is 1. The van der Waals surface area contributed by atoms with E-state index in [1.54, 1.807) is 16.2 Å². The number of aliphatic carboxylic acids is 1. The number of carbonyl (C=O) groups is 2. The summed E-state index contributed by atoms with van der Waals surface area (Å²) in [6.07, 6.45) is 3.07. The molecular weight excluding hydrogens is 358 g/mol. The Morgan fingerprint density at radius 2 is 2.00 bits per heavy atom. The Balaban J connectivity index is 1.53. The number of rotatable bonds is 3. The number of fused-ring (bicyclic) bond motifs is 1. The molecule has 0 aliphatic carbocycles. The lowest BCUT2D eigenvalue weighted by atomic mass is 9.90. The quantitative estimate of drug-likeness (QED) is 0.887. The van der Waals surface area contributed by atoms with Gasteiger partial charge in [-0.25, -0.2) is 4.98 Å². The molecule has 0 spiro atoms. The molecule has 0 aromatic carbocycles. The Hall–Kier alpha value is -1.67. The SMILES string of the molecule is CC1CC(C(=O)O)CN(C(=O)c2cc3sc(N4CCCC4)nc3s2)C1. The molecule has 2 fully saturated rings. The first-order chi connectivity index (χ1) is 12.0. The lowest BCUT2D eigenvalue weighted by Crippen LogP contribution is -2.45. The molecule has 0 radical (unpaired) electrons. The normalized spacial score (nSPS) is 24.2. The van der Waals surface area contributed by atoms with Crippen LogP contribution in [0, 0.1) is 11.8 Å². The Morgan fingerprint density at radius 3 is 2.68 bits per heavy atom. The molecule has 2 atom stereocenters. The number of carboxylic acids is 1. The summed E-state index contributed by atoms with van der Waals surface area (Å²) < 4.78 is 1.05. The van der Waals surface area contributed by atoms with Gasteiger partial charge in [-0.3, -0.25) is 9.59 Å². The fraction of sp³-hybridized carbons (Fsp3) is 0.588. The second kappa shape index (κ2) is 6.57. The highest BCUT2D eigenvalue weighted by atomic mass is 32.1. The van der Waals surface area contributed by atoms with E-state index in [9.17, 15) is 14.7 Å². The first-order valence-corrected chi connectivity index (χ1v) is 10.3. The minimum atomic E-state index is -0.812. The minimum absolute atomic E-state index is 0.0595. The van der Waals surface area contributed by atoms with Crippen LogP contribution >= 0.6 is 22.7 Å². The van der Waals surface area contributed by atoms with E-state index in [1.807, 2.05) is 13.0 Å². The molecule has 1 amide bonds. The lowest BCUT2D eigenvalue weighted by Gasteiger charge is -2.34. The number of thiophene rings is 1. The molecule has 2 aliphatic heterocycles. The lowest BCUT2D eigenvalue weighted by molar-refractivity contribution is -0.143. The largest absolute Gasteiger partial charge is 0.481 e. The standard InChI is InChI=1S/C17H21N3O3S2/c1-10-6-11(16(22)23)9-20(8-10)15(21)13-7-12-14(24-13)18-17(25-12)19-4-2-3-5-19/h7,10-11H,2-6,8-9H2,1H3,(H,22,23). The second-order valence-electron chi connectivity index (χ2n) is 7.06. The number of hydrogen-bond donors (Lipinski definition) is 1. The molecule has 2 saturated heterocycles. The van der Waals surface area contributed by atoms with Gasteiger partial charge in [-0.2, -0.15) is 0 Å². The van der Waals surface area contributed by atoms with Crippen molar-refractivity contribution in [2.24, 2.45) is 11.8 Å². The number of aromatic nitrogens is 1. The fourth-order valence-corrected chi connectivity index (χ4v) is 5.96. The number of carboxylic acid groups (broad SMARTS) is 1. The summed E-state index contributed by atoms with van der Waals surface area (Å²) in [4.78, 5) is 34.4. The zero-order valence-electron chi connectivity index (χ0n) is 14.1. The number of anilines is 1. The van der Waals surface area contributed by atoms with Crippen molar-refractivity contribution in [3.8, 4) is 0 Å². The van der Waals surface area contributed by atoms with E-state index in [0.717, 1.165) is 27.8 Å². The number of thiazole rings is 1. The predicted molar refractivity (Wildman–Crippen MR) is 99.8 cm³/mol. The van der Waals surface area contributed by atoms with Crippen molar-refractivity contribution in [2.75, 3.05) is 31.1 Å². The van der Waals surface area contributed by atoms with Crippen molar-refractivity contribution in [1.82, 2.24) is 9.88 Å². The number of nitrogens with zero attached hydrogens (tertiary/aromatic N) is 3. The number of hydrogen-bond acceptors (Lipinski definition) is 6. The predicted octanol–water partition coefficient (Wildman–Crippen LogP) is 3.14. The van der Waals surface area contributed by atoms with Crippen LogP contribution in [-0.2, 0) is 4.79 Å². The monoisotopic (exact) mass is 379 g/mol. The van der Waals surface area contributed by atoms with Gasteiger partial charge in [0.1, 0.15) is 4.83 Å². The first-order valence-electron chi connectivity index (χ1n) is 8.68. The van der Waals surface area contributed by atoms with Gasteiger partial charge in [-0.15, -0.1) is 11.3 Å². The van der Waals surface area contributed by atoms with Crippen molar-refractivity contribution in [3.05, 3.63) is 10.9 Å². The van der Waals surface area contributed by atoms with E-state index in [-0.39, 0.29) is 11.8 Å². The van der Waals surface area contributed by atoms with Crippen LogP contribution in [0.3, 0.4) is 0 Å². The van der Waals surface area contributed by atoms with Crippen molar-refractivity contribution >= 4 is 49.2 Å². The number of likely N-dealkylation sites (tertiary alicyclic amines) is 1. The Morgan fingerprint density at radius 1 is 1.24 bits per heavy atom. The van der Waals surface area contributed by atoms with E-state index >= 15 is 0 Å². The third kappa shape index (κ3) is 3.25. The summed E-state index contributed by atoms with van der Waals surface area (Å²) in [6.45, 7) is 5.06. The number of carbonyl (C=O) groups excluding carboxylic acids is 1. The van der Waals surface area contributed by atoms with E-state index in [0.29, 0.717) is 24.4 Å². The third-order valence-electron chi connectivity index (χ3n) is 4.96. The van der Waals surface area contributed by atoms with Crippen LogP contribution in [0.5, 0.6) is 0 Å². The third-order valence-corrected chi connectivity index (χ3v) is 7.17. The van der Waals surface area contributed by atoms with E-state index < -0.39 is 11.9 Å². The molecule has 25 heavy (non-hydrogen) atoms. The molecule has 2 aromatic rings. The van der Waals surface area contributed by atoms with Crippen molar-refractivity contribution in [1.29, 1.82) is 0 Å². The van der Waals surface area contributed by atoms with Crippen molar-refractivity contribution in [2.45, 2.75) is 26.2 Å². The molecule has 134 valence electrons. The highest BCUT2D eigenvalue weighted by Gasteiger charge is 2.33. The van der Waals surface area contributed by atoms with E-state index in [1.165, 1.54) is 24.2 Å². The second-order valence-corrected chi connectivity index (χ2v) is 9.10. The summed E-state index contributed by atoms with van der Waals surface area (Å²) >= 11 is 3.07. The minimum Gasteiger partial charge on any atom is -0.481 e. The molecule has 6 nitrogen and oxygen atoms in total. The molecule has 4 heterocycles. The maximum atomic E-state index is 12.8. The maximum absolute atomic E-state index is 12.8. The maximum Gasteiger partial charge on any atom is 0.308 e. The van der Waals surface area contributed by atoms with Gasteiger partial charge < -0.3 is 14.9 Å². The summed E-state index contributed by atoms with van der Waals surface area (Å²) in [7, 11) is 0. The summed E-state index contributed by atoms with van der Waals surface area (Å²) in [5.74, 6) is -1.13. The molecule has 2 aliphatic rings. The molecule has 2 aromatic heterocycles. The molecule has 4 rings (SSSR count). The number of piperidine rings is 1. The molecule has 8 heteroatoms. The first kappa shape index (κ1) is 16.8. The summed E-state index contributed by atoms with van der Waals surface area (Å²) in [6, 6.07) is 1.93. The molecule has 0 bridgehead atoms. The molecule has 2 unspecified atom stereocenters. The van der Waals surface area contributed by atoms with Gasteiger partial charge in [-0.05, 0) is 31.2 Å². The summed E-state index contributed by atoms with van der Waals surface area (Å²) in [5.41, 5.74) is 0. The van der Waals surface area contributed by atoms with Gasteiger partial charge in [0.25, 0.3) is 5.91 Å². The molecule has 0 saturated carbocycles. The van der Waals surface area contributed by atoms with Gasteiger partial charge in [0.15, 0.2) is 5.13 Å². The highest BCUT2D eigenvalue weighted by Crippen LogP contribution is 2.36. The van der Waals surface area contributed by atoms with Gasteiger partial charge in [0.2, 0.25) is 0 Å². The van der Waals surface area contributed by atoms with Crippen molar-refractivity contribution < 1.29 is 14.7 Å². The highest BCUT2D eigenvalue weighted by molar-refractivity contribution is 7.29. The van der Waals surface area contributed by atoms with Crippen LogP contribution < -0.4 is 4.90 Å². The van der Waals surface area contributed by atoms with E-state index in [2.05, 4.69) is 4.90 Å². The van der Waals surface area contributed by atoms with Crippen LogP contribution in [0.1, 0.15) is 35.9 Å². The fourth-order valence-electron chi connectivity index (χ4n) is 3.72. The van der Waals surface area contributed by atoms with E-state index in [4.69, 9.17) is 4.98 Å². The smallest absolute Gasteiger partial charge is 0.308 e. The Kier molecular flexibility index (Phi) is 4.41. The van der Waals surface area contributed by atoms with Gasteiger partial charge in [0.05, 0.1) is 15.5 Å². The van der Waals surface area contributed by atoms with Crippen LogP contribution in [0.15, 0.2) is 6.07 Å². The molecular formula is C17H21N3O3S2. The van der Waals surface area contributed by atoms with Crippen LogP contribution in [0.2, 0.25) is 0 Å². The van der Waals surface area contributed by atoms with Gasteiger partial charge in [0, 0.05) is 26.2 Å². The van der Waals surface area contributed by atoms with Crippen LogP contribution in [0.4, 0.5) is 5.13 Å². The Bertz CT molecular complexity index is 778. The zero-order chi connectivity index (χ0) is 17.6. The van der Waals surface area contributed by atoms with Crippen molar-refractivity contribution in [3.63, 3.8) is 0 Å². The van der Waals surface area contributed by atoms with Crippen LogP contribution in [0.25, 0.3) is 9.53 Å². The van der Waals surface area contributed by atoms with Gasteiger partial charge >= 0.3 is 5.97 Å². The molecule has 1 N–H and O–H groups in total. The van der Waals surface area contributed by atoms with Crippen LogP contribution in [-0.4, -0.2) is 53.0 Å². The average Bonchev–Trinajstić information content (AvgIpc) is 3.28. The Labute approximate surface area is 154 Å². The van der Waals surface area contributed by atoms with Gasteiger partial charge in [-0.1, -0.05) is 18.3 Å². The topological polar surface area (TPSA) is 73.7 Å².